The smallest absolute Gasteiger partial charge is 0.0917 e. The third-order valence-electron chi connectivity index (χ3n) is 3.87. The summed E-state index contributed by atoms with van der Waals surface area (Å²) < 4.78 is 0. The van der Waals surface area contributed by atoms with Crippen LogP contribution in [-0.2, 0) is 0 Å². The topological polar surface area (TPSA) is 69.7 Å². The minimum absolute atomic E-state index is 0.260. The average molecular weight is 264 g/mol. The minimum Gasteiger partial charge on any atom is -0.399 e. The predicted molar refractivity (Wildman–Crippen MR) is 76.7 cm³/mol. The summed E-state index contributed by atoms with van der Waals surface area (Å²) in [6.07, 6.45) is 2.71. The van der Waals surface area contributed by atoms with Gasteiger partial charge in [0.05, 0.1) is 6.10 Å². The van der Waals surface area contributed by atoms with Crippen molar-refractivity contribution in [2.24, 2.45) is 5.92 Å². The van der Waals surface area contributed by atoms with Gasteiger partial charge in [-0.05, 0) is 49.4 Å². The van der Waals surface area contributed by atoms with E-state index in [0.717, 1.165) is 31.5 Å². The number of aliphatic hydroxyl groups is 2. The lowest BCUT2D eigenvalue weighted by atomic mass is 9.94. The summed E-state index contributed by atoms with van der Waals surface area (Å²) in [4.78, 5) is 2.29. The van der Waals surface area contributed by atoms with Crippen molar-refractivity contribution in [3.05, 3.63) is 29.8 Å². The fraction of sp³-hybridized carbons (Fsp3) is 0.600. The predicted octanol–water partition coefficient (Wildman–Crippen LogP) is 1.40. The van der Waals surface area contributed by atoms with Gasteiger partial charge in [0.1, 0.15) is 0 Å². The Hall–Kier alpha value is -1.10. The summed E-state index contributed by atoms with van der Waals surface area (Å²) in [5.41, 5.74) is 7.31. The number of rotatable bonds is 5. The van der Waals surface area contributed by atoms with Gasteiger partial charge < -0.3 is 20.8 Å². The number of likely N-dealkylation sites (tertiary alicyclic amines) is 1. The molecule has 1 aliphatic heterocycles. The Balaban J connectivity index is 1.89. The van der Waals surface area contributed by atoms with Crippen molar-refractivity contribution in [2.45, 2.75) is 25.4 Å². The zero-order valence-corrected chi connectivity index (χ0v) is 11.3. The molecular formula is C15H24N2O2. The van der Waals surface area contributed by atoms with Crippen molar-refractivity contribution in [2.75, 3.05) is 32.0 Å². The van der Waals surface area contributed by atoms with E-state index in [4.69, 9.17) is 10.8 Å². The van der Waals surface area contributed by atoms with Crippen LogP contribution in [0.15, 0.2) is 24.3 Å². The monoisotopic (exact) mass is 264 g/mol. The number of nitrogens with two attached hydrogens (primary N) is 1. The first kappa shape index (κ1) is 14.3. The van der Waals surface area contributed by atoms with Gasteiger partial charge >= 0.3 is 0 Å². The van der Waals surface area contributed by atoms with Gasteiger partial charge in [-0.25, -0.2) is 0 Å². The molecular weight excluding hydrogens is 240 g/mol. The number of nitrogens with zero attached hydrogens (tertiary/aromatic N) is 1. The van der Waals surface area contributed by atoms with Crippen LogP contribution in [0, 0.1) is 5.92 Å². The van der Waals surface area contributed by atoms with Crippen molar-refractivity contribution in [3.63, 3.8) is 0 Å². The molecule has 19 heavy (non-hydrogen) atoms. The number of hydrogen-bond donors (Lipinski definition) is 3. The van der Waals surface area contributed by atoms with Gasteiger partial charge in [0.2, 0.25) is 0 Å². The van der Waals surface area contributed by atoms with Crippen molar-refractivity contribution in [1.29, 1.82) is 0 Å². The van der Waals surface area contributed by atoms with Gasteiger partial charge in [-0.15, -0.1) is 0 Å². The summed E-state index contributed by atoms with van der Waals surface area (Å²) in [6.45, 7) is 2.91. The van der Waals surface area contributed by atoms with Gasteiger partial charge in [0.25, 0.3) is 0 Å². The molecule has 4 nitrogen and oxygen atoms in total. The number of hydrogen-bond acceptors (Lipinski definition) is 4. The molecule has 2 unspecified atom stereocenters. The van der Waals surface area contributed by atoms with Gasteiger partial charge in [0.15, 0.2) is 0 Å². The summed E-state index contributed by atoms with van der Waals surface area (Å²) in [7, 11) is 0. The standard InChI is InChI=1S/C15H24N2O2/c16-14-5-1-4-13(9-14)15(19)11-17-7-2-3-12(10-17)6-8-18/h1,4-5,9,12,15,18-19H,2-3,6-8,10-11,16H2. The molecule has 4 N–H and O–H groups in total. The van der Waals surface area contributed by atoms with E-state index < -0.39 is 6.10 Å². The molecule has 0 bridgehead atoms. The van der Waals surface area contributed by atoms with E-state index in [1.165, 1.54) is 6.42 Å². The maximum absolute atomic E-state index is 10.3. The first-order valence-electron chi connectivity index (χ1n) is 7.05. The summed E-state index contributed by atoms with van der Waals surface area (Å²) >= 11 is 0. The number of benzene rings is 1. The quantitative estimate of drug-likeness (QED) is 0.703. The molecule has 2 atom stereocenters. The average Bonchev–Trinajstić information content (AvgIpc) is 2.39. The van der Waals surface area contributed by atoms with Crippen LogP contribution in [0.4, 0.5) is 5.69 Å². The zero-order chi connectivity index (χ0) is 13.7. The molecule has 1 aliphatic rings. The van der Waals surface area contributed by atoms with E-state index in [1.807, 2.05) is 24.3 Å². The highest BCUT2D eigenvalue weighted by Gasteiger charge is 2.21. The van der Waals surface area contributed by atoms with Gasteiger partial charge in [-0.1, -0.05) is 12.1 Å². The second-order valence-corrected chi connectivity index (χ2v) is 5.47. The van der Waals surface area contributed by atoms with E-state index in [-0.39, 0.29) is 6.61 Å². The van der Waals surface area contributed by atoms with Gasteiger partial charge in [0, 0.05) is 25.4 Å². The lowest BCUT2D eigenvalue weighted by Gasteiger charge is -2.33. The summed E-state index contributed by atoms with van der Waals surface area (Å²) in [6, 6.07) is 7.45. The van der Waals surface area contributed by atoms with Gasteiger partial charge in [-0.2, -0.15) is 0 Å². The van der Waals surface area contributed by atoms with E-state index >= 15 is 0 Å². The van der Waals surface area contributed by atoms with Crippen molar-refractivity contribution in [1.82, 2.24) is 4.90 Å². The van der Waals surface area contributed by atoms with Crippen LogP contribution in [0.1, 0.15) is 30.9 Å². The fourth-order valence-corrected chi connectivity index (χ4v) is 2.85. The number of piperidine rings is 1. The van der Waals surface area contributed by atoms with Crippen molar-refractivity contribution in [3.8, 4) is 0 Å². The Morgan fingerprint density at radius 3 is 3.00 bits per heavy atom. The normalized spacial score (nSPS) is 22.3. The number of β-amino-alcohol motifs (C(OH)–C–C–N with tert-alkyl or cyclic N) is 1. The lowest BCUT2D eigenvalue weighted by Crippen LogP contribution is -2.38. The molecule has 4 heteroatoms. The molecule has 1 aromatic carbocycles. The maximum atomic E-state index is 10.3. The number of nitrogen functional groups attached to an aromatic ring is 1. The van der Waals surface area contributed by atoms with E-state index in [0.29, 0.717) is 18.2 Å². The molecule has 1 fully saturated rings. The molecule has 0 aliphatic carbocycles. The Morgan fingerprint density at radius 2 is 2.26 bits per heavy atom. The minimum atomic E-state index is -0.489. The molecule has 1 aromatic rings. The Kier molecular flexibility index (Phi) is 5.19. The second kappa shape index (κ2) is 6.89. The molecule has 0 amide bonds. The Bertz CT molecular complexity index is 395. The SMILES string of the molecule is Nc1cccc(C(O)CN2CCCC(CCO)C2)c1. The van der Waals surface area contributed by atoms with Crippen LogP contribution in [0.3, 0.4) is 0 Å². The Morgan fingerprint density at radius 1 is 1.42 bits per heavy atom. The molecule has 0 saturated carbocycles. The van der Waals surface area contributed by atoms with Crippen LogP contribution < -0.4 is 5.73 Å². The largest absolute Gasteiger partial charge is 0.399 e. The summed E-state index contributed by atoms with van der Waals surface area (Å²) in [5, 5.41) is 19.3. The highest BCUT2D eigenvalue weighted by molar-refractivity contribution is 5.41. The van der Waals surface area contributed by atoms with Gasteiger partial charge in [-0.3, -0.25) is 0 Å². The molecule has 0 spiro atoms. The van der Waals surface area contributed by atoms with Crippen LogP contribution in [0.5, 0.6) is 0 Å². The lowest BCUT2D eigenvalue weighted by molar-refractivity contribution is 0.0781. The van der Waals surface area contributed by atoms with E-state index in [2.05, 4.69) is 4.90 Å². The van der Waals surface area contributed by atoms with Crippen molar-refractivity contribution < 1.29 is 10.2 Å². The second-order valence-electron chi connectivity index (χ2n) is 5.47. The zero-order valence-electron chi connectivity index (χ0n) is 11.3. The third kappa shape index (κ3) is 4.20. The highest BCUT2D eigenvalue weighted by atomic mass is 16.3. The molecule has 0 radical (unpaired) electrons. The van der Waals surface area contributed by atoms with Crippen LogP contribution in [0.25, 0.3) is 0 Å². The fourth-order valence-electron chi connectivity index (χ4n) is 2.85. The summed E-state index contributed by atoms with van der Waals surface area (Å²) in [5.74, 6) is 0.562. The molecule has 1 heterocycles. The van der Waals surface area contributed by atoms with Crippen LogP contribution in [0.2, 0.25) is 0 Å². The van der Waals surface area contributed by atoms with E-state index in [1.54, 1.807) is 0 Å². The van der Waals surface area contributed by atoms with E-state index in [9.17, 15) is 5.11 Å². The maximum Gasteiger partial charge on any atom is 0.0917 e. The third-order valence-corrected chi connectivity index (χ3v) is 3.87. The van der Waals surface area contributed by atoms with Crippen molar-refractivity contribution >= 4 is 5.69 Å². The molecule has 0 aromatic heterocycles. The number of aliphatic hydroxyl groups excluding tert-OH is 2. The first-order chi connectivity index (χ1) is 9.19. The number of anilines is 1. The van der Waals surface area contributed by atoms with Crippen LogP contribution in [-0.4, -0.2) is 41.4 Å². The molecule has 106 valence electrons. The molecule has 1 saturated heterocycles. The molecule has 2 rings (SSSR count). The highest BCUT2D eigenvalue weighted by Crippen LogP contribution is 2.23. The van der Waals surface area contributed by atoms with Crippen LogP contribution >= 0.6 is 0 Å². The Labute approximate surface area is 114 Å². The first-order valence-corrected chi connectivity index (χ1v) is 7.05.